The molecule has 0 saturated heterocycles. The Labute approximate surface area is 98.7 Å². The maximum absolute atomic E-state index is 3.78. The molecule has 0 aromatic rings. The first-order valence-corrected chi connectivity index (χ1v) is 13.0. The van der Waals surface area contributed by atoms with E-state index >= 15 is 0 Å². The van der Waals surface area contributed by atoms with Crippen LogP contribution in [0.1, 0.15) is 19.3 Å². The van der Waals surface area contributed by atoms with Gasteiger partial charge in [0.2, 0.25) is 0 Å². The van der Waals surface area contributed by atoms with Crippen molar-refractivity contribution in [2.24, 2.45) is 0 Å². The second-order valence-electron chi connectivity index (χ2n) is 6.28. The van der Waals surface area contributed by atoms with E-state index in [0.29, 0.717) is 0 Å². The molecule has 0 N–H and O–H groups in total. The zero-order valence-corrected chi connectivity index (χ0v) is 13.6. The second kappa shape index (κ2) is 6.01. The van der Waals surface area contributed by atoms with Crippen LogP contribution < -0.4 is 0 Å². The van der Waals surface area contributed by atoms with Crippen molar-refractivity contribution in [2.45, 2.75) is 58.5 Å². The number of allylic oxidation sites excluding steroid dienone is 1. The second-order valence-corrected chi connectivity index (χ2v) is 16.5. The first-order valence-electron chi connectivity index (χ1n) is 6.08. The van der Waals surface area contributed by atoms with Gasteiger partial charge in [-0.1, -0.05) is 45.4 Å². The Morgan fingerprint density at radius 1 is 0.933 bits per heavy atom. The van der Waals surface area contributed by atoms with Crippen LogP contribution >= 0.6 is 0 Å². The van der Waals surface area contributed by atoms with Crippen LogP contribution in [0.4, 0.5) is 0 Å². The highest BCUT2D eigenvalue weighted by atomic mass is 28.4. The van der Waals surface area contributed by atoms with Crippen molar-refractivity contribution < 1.29 is 0 Å². The van der Waals surface area contributed by atoms with E-state index in [1.165, 1.54) is 25.8 Å². The van der Waals surface area contributed by atoms with Crippen LogP contribution in [0.25, 0.3) is 0 Å². The lowest BCUT2D eigenvalue weighted by atomic mass is 10.2. The molecule has 0 unspecified atom stereocenters. The molecule has 0 atom stereocenters. The molecule has 0 rings (SSSR count). The normalized spacial score (nSPS) is 13.3. The molecule has 0 aliphatic carbocycles. The molecule has 0 aliphatic heterocycles. The summed E-state index contributed by atoms with van der Waals surface area (Å²) in [7, 11) is -2.23. The van der Waals surface area contributed by atoms with Gasteiger partial charge in [-0.2, -0.15) is 0 Å². The van der Waals surface area contributed by atoms with Crippen molar-refractivity contribution in [3.8, 4) is 0 Å². The molecule has 0 heterocycles. The number of hydrogen-bond donors (Lipinski definition) is 0. The van der Waals surface area contributed by atoms with Crippen LogP contribution in [0.2, 0.25) is 39.3 Å². The zero-order valence-electron chi connectivity index (χ0n) is 11.6. The monoisotopic (exact) mass is 243 g/mol. The van der Waals surface area contributed by atoms with Gasteiger partial charge in [0.15, 0.2) is 0 Å². The van der Waals surface area contributed by atoms with Gasteiger partial charge in [-0.3, -0.25) is 0 Å². The van der Waals surface area contributed by atoms with E-state index < -0.39 is 16.5 Å². The van der Waals surface area contributed by atoms with Gasteiger partial charge in [0, 0.05) is 0 Å². The highest BCUT2D eigenvalue weighted by molar-refractivity contribution is 6.89. The molecule has 15 heavy (non-hydrogen) atoms. The molecular formula is C12H29NSi2. The maximum Gasteiger partial charge on any atom is 0.112 e. The van der Waals surface area contributed by atoms with Crippen molar-refractivity contribution in [2.75, 3.05) is 6.54 Å². The lowest BCUT2D eigenvalue weighted by Crippen LogP contribution is -2.59. The Kier molecular flexibility index (Phi) is 6.07. The van der Waals surface area contributed by atoms with E-state index in [4.69, 9.17) is 0 Å². The van der Waals surface area contributed by atoms with E-state index in [1.807, 2.05) is 6.08 Å². The predicted octanol–water partition coefficient (Wildman–Crippen LogP) is 4.31. The van der Waals surface area contributed by atoms with Crippen molar-refractivity contribution >= 4 is 16.5 Å². The van der Waals surface area contributed by atoms with Gasteiger partial charge in [0.05, 0.1) is 0 Å². The Balaban J connectivity index is 4.22. The lowest BCUT2D eigenvalue weighted by Gasteiger charge is -2.43. The summed E-state index contributed by atoms with van der Waals surface area (Å²) in [6.45, 7) is 19.9. The first kappa shape index (κ1) is 15.1. The third-order valence-corrected chi connectivity index (χ3v) is 10.4. The van der Waals surface area contributed by atoms with E-state index in [-0.39, 0.29) is 0 Å². The zero-order chi connectivity index (χ0) is 12.1. The Hall–Kier alpha value is 0.134. The highest BCUT2D eigenvalue weighted by Gasteiger charge is 2.33. The molecule has 0 aliphatic rings. The van der Waals surface area contributed by atoms with E-state index in [1.54, 1.807) is 0 Å². The van der Waals surface area contributed by atoms with Crippen LogP contribution in [-0.4, -0.2) is 27.2 Å². The van der Waals surface area contributed by atoms with Gasteiger partial charge in [0.25, 0.3) is 0 Å². The molecule has 0 aromatic heterocycles. The van der Waals surface area contributed by atoms with Gasteiger partial charge in [0.1, 0.15) is 16.5 Å². The molecule has 0 saturated carbocycles. The fourth-order valence-corrected chi connectivity index (χ4v) is 11.9. The van der Waals surface area contributed by atoms with Gasteiger partial charge < -0.3 is 4.23 Å². The molecule has 0 fully saturated rings. The summed E-state index contributed by atoms with van der Waals surface area (Å²) < 4.78 is 2.86. The number of rotatable bonds is 7. The summed E-state index contributed by atoms with van der Waals surface area (Å²) in [6, 6.07) is 0. The van der Waals surface area contributed by atoms with Gasteiger partial charge in [-0.05, 0) is 25.8 Å². The largest absolute Gasteiger partial charge is 0.346 e. The number of unbranched alkanes of at least 4 members (excludes halogenated alkanes) is 2. The Morgan fingerprint density at radius 2 is 1.40 bits per heavy atom. The topological polar surface area (TPSA) is 3.24 Å². The Bertz CT molecular complexity index is 175. The van der Waals surface area contributed by atoms with Crippen LogP contribution in [0, 0.1) is 0 Å². The molecule has 0 radical (unpaired) electrons. The molecular weight excluding hydrogens is 214 g/mol. The molecule has 3 heteroatoms. The fourth-order valence-electron chi connectivity index (χ4n) is 2.24. The molecule has 1 nitrogen and oxygen atoms in total. The molecule has 0 bridgehead atoms. The summed E-state index contributed by atoms with van der Waals surface area (Å²) in [4.78, 5) is 0. The predicted molar refractivity (Wildman–Crippen MR) is 77.4 cm³/mol. The first-order chi connectivity index (χ1) is 6.69. The van der Waals surface area contributed by atoms with E-state index in [0.717, 1.165) is 0 Å². The molecule has 0 spiro atoms. The van der Waals surface area contributed by atoms with Gasteiger partial charge >= 0.3 is 0 Å². The summed E-state index contributed by atoms with van der Waals surface area (Å²) in [6.07, 6.45) is 5.84. The average Bonchev–Trinajstić information content (AvgIpc) is 1.99. The molecule has 90 valence electrons. The van der Waals surface area contributed by atoms with Crippen LogP contribution in [-0.2, 0) is 0 Å². The standard InChI is InChI=1S/C12H29NSi2/c1-8-9-10-11-12-13(14(2,3)4)15(5,6)7/h8H,1,9-12H2,2-7H3. The minimum Gasteiger partial charge on any atom is -0.346 e. The smallest absolute Gasteiger partial charge is 0.112 e. The summed E-state index contributed by atoms with van der Waals surface area (Å²) in [5, 5.41) is 0. The molecule has 0 aromatic carbocycles. The lowest BCUT2D eigenvalue weighted by molar-refractivity contribution is 0.564. The van der Waals surface area contributed by atoms with Crippen molar-refractivity contribution in [1.29, 1.82) is 0 Å². The van der Waals surface area contributed by atoms with Gasteiger partial charge in [-0.15, -0.1) is 6.58 Å². The van der Waals surface area contributed by atoms with Crippen molar-refractivity contribution in [3.05, 3.63) is 12.7 Å². The quantitative estimate of drug-likeness (QED) is 0.366. The van der Waals surface area contributed by atoms with Crippen molar-refractivity contribution in [3.63, 3.8) is 0 Å². The van der Waals surface area contributed by atoms with E-state index in [9.17, 15) is 0 Å². The summed E-state index contributed by atoms with van der Waals surface area (Å²) in [5.74, 6) is 0. The third-order valence-electron chi connectivity index (χ3n) is 2.66. The van der Waals surface area contributed by atoms with Crippen molar-refractivity contribution in [1.82, 2.24) is 4.23 Å². The minimum absolute atomic E-state index is 1.11. The Morgan fingerprint density at radius 3 is 1.73 bits per heavy atom. The minimum atomic E-state index is -1.11. The average molecular weight is 244 g/mol. The van der Waals surface area contributed by atoms with E-state index in [2.05, 4.69) is 50.1 Å². The SMILES string of the molecule is C=CCCCCN([Si](C)(C)C)[Si](C)(C)C. The fraction of sp³-hybridized carbons (Fsp3) is 0.833. The number of hydrogen-bond acceptors (Lipinski definition) is 1. The molecule has 0 amide bonds. The third kappa shape index (κ3) is 6.33. The van der Waals surface area contributed by atoms with Gasteiger partial charge in [-0.25, -0.2) is 0 Å². The summed E-state index contributed by atoms with van der Waals surface area (Å²) in [5.41, 5.74) is 0. The van der Waals surface area contributed by atoms with Crippen LogP contribution in [0.5, 0.6) is 0 Å². The maximum atomic E-state index is 3.78. The van der Waals surface area contributed by atoms with Crippen LogP contribution in [0.3, 0.4) is 0 Å². The highest BCUT2D eigenvalue weighted by Crippen LogP contribution is 2.20. The number of nitrogens with zero attached hydrogens (tertiary/aromatic N) is 1. The van der Waals surface area contributed by atoms with Crippen LogP contribution in [0.15, 0.2) is 12.7 Å². The summed E-state index contributed by atoms with van der Waals surface area (Å²) >= 11 is 0.